The number of rotatable bonds is 4. The fourth-order valence-corrected chi connectivity index (χ4v) is 2.85. The number of nitrogens with one attached hydrogen (secondary N) is 1. The van der Waals surface area contributed by atoms with Crippen LogP contribution in [0.25, 0.3) is 0 Å². The molecule has 3 rings (SSSR count). The lowest BCUT2D eigenvalue weighted by molar-refractivity contribution is -0.137. The zero-order valence-electron chi connectivity index (χ0n) is 11.8. The Kier molecular flexibility index (Phi) is 5.44. The van der Waals surface area contributed by atoms with Gasteiger partial charge in [-0.3, -0.25) is 4.79 Å². The highest BCUT2D eigenvalue weighted by Gasteiger charge is 2.35. The predicted molar refractivity (Wildman–Crippen MR) is 82.9 cm³/mol. The molecule has 0 radical (unpaired) electrons. The van der Waals surface area contributed by atoms with Gasteiger partial charge in [0.2, 0.25) is 5.91 Å². The van der Waals surface area contributed by atoms with Crippen molar-refractivity contribution >= 4 is 18.3 Å². The molecule has 1 saturated carbocycles. The third-order valence-electron chi connectivity index (χ3n) is 4.11. The summed E-state index contributed by atoms with van der Waals surface area (Å²) < 4.78 is 0. The summed E-state index contributed by atoms with van der Waals surface area (Å²) in [5.41, 5.74) is 1.24. The first-order valence-corrected chi connectivity index (χ1v) is 7.40. The van der Waals surface area contributed by atoms with E-state index in [4.69, 9.17) is 0 Å². The summed E-state index contributed by atoms with van der Waals surface area (Å²) in [5, 5.41) is 3.35. The second-order valence-corrected chi connectivity index (χ2v) is 5.73. The Morgan fingerprint density at radius 1 is 1.20 bits per heavy atom. The molecule has 0 unspecified atom stereocenters. The lowest BCUT2D eigenvalue weighted by atomic mass is 9.97. The van der Waals surface area contributed by atoms with Gasteiger partial charge in [0.05, 0.1) is 5.92 Å². The van der Waals surface area contributed by atoms with Crippen molar-refractivity contribution in [3.63, 3.8) is 0 Å². The highest BCUT2D eigenvalue weighted by atomic mass is 35.5. The van der Waals surface area contributed by atoms with E-state index in [1.807, 2.05) is 18.2 Å². The number of carbonyl (C=O) groups is 1. The Bertz CT molecular complexity index is 427. The molecule has 1 saturated heterocycles. The smallest absolute Gasteiger partial charge is 0.227 e. The Morgan fingerprint density at radius 3 is 2.55 bits per heavy atom. The molecule has 1 atom stereocenters. The van der Waals surface area contributed by atoms with Crippen molar-refractivity contribution in [2.75, 3.05) is 13.1 Å². The van der Waals surface area contributed by atoms with Crippen molar-refractivity contribution < 1.29 is 4.79 Å². The summed E-state index contributed by atoms with van der Waals surface area (Å²) in [5.74, 6) is 0.552. The van der Waals surface area contributed by atoms with Crippen LogP contribution in [0.2, 0.25) is 0 Å². The standard InChI is InChI=1S/C16H22N2O.ClH/c19-16(14-7-4-10-17-11-14)18(15-8-9-15)12-13-5-2-1-3-6-13;/h1-3,5-6,14-15,17H,4,7-12H2;1H/t14-;/m1./s1. The molecule has 2 aliphatic rings. The molecule has 1 aromatic rings. The monoisotopic (exact) mass is 294 g/mol. The number of piperidine rings is 1. The summed E-state index contributed by atoms with van der Waals surface area (Å²) >= 11 is 0. The molecule has 110 valence electrons. The summed E-state index contributed by atoms with van der Waals surface area (Å²) in [7, 11) is 0. The molecule has 0 bridgehead atoms. The number of carbonyl (C=O) groups excluding carboxylic acids is 1. The summed E-state index contributed by atoms with van der Waals surface area (Å²) in [6.45, 7) is 2.70. The molecular weight excluding hydrogens is 272 g/mol. The molecule has 1 aliphatic carbocycles. The maximum Gasteiger partial charge on any atom is 0.227 e. The van der Waals surface area contributed by atoms with E-state index in [9.17, 15) is 4.79 Å². The molecule has 1 aliphatic heterocycles. The van der Waals surface area contributed by atoms with E-state index in [1.165, 1.54) is 18.4 Å². The minimum Gasteiger partial charge on any atom is -0.335 e. The lowest BCUT2D eigenvalue weighted by Gasteiger charge is -2.30. The van der Waals surface area contributed by atoms with Crippen LogP contribution in [-0.2, 0) is 11.3 Å². The van der Waals surface area contributed by atoms with Crippen LogP contribution in [0.5, 0.6) is 0 Å². The van der Waals surface area contributed by atoms with Crippen LogP contribution in [0.4, 0.5) is 0 Å². The maximum atomic E-state index is 12.7. The van der Waals surface area contributed by atoms with Gasteiger partial charge in [0, 0.05) is 19.1 Å². The molecular formula is C16H23ClN2O. The molecule has 0 aromatic heterocycles. The van der Waals surface area contributed by atoms with E-state index >= 15 is 0 Å². The highest BCUT2D eigenvalue weighted by molar-refractivity contribution is 5.85. The third kappa shape index (κ3) is 3.74. The van der Waals surface area contributed by atoms with Gasteiger partial charge in [-0.1, -0.05) is 30.3 Å². The maximum absolute atomic E-state index is 12.7. The van der Waals surface area contributed by atoms with E-state index in [0.717, 1.165) is 32.5 Å². The van der Waals surface area contributed by atoms with Gasteiger partial charge in [-0.05, 0) is 37.8 Å². The number of benzene rings is 1. The van der Waals surface area contributed by atoms with Crippen LogP contribution in [-0.4, -0.2) is 29.9 Å². The second kappa shape index (κ2) is 7.09. The van der Waals surface area contributed by atoms with Gasteiger partial charge < -0.3 is 10.2 Å². The number of hydrogen-bond donors (Lipinski definition) is 1. The van der Waals surface area contributed by atoms with Crippen LogP contribution < -0.4 is 5.32 Å². The first-order chi connectivity index (χ1) is 9.34. The predicted octanol–water partition coefficient (Wildman–Crippen LogP) is 2.60. The van der Waals surface area contributed by atoms with Crippen molar-refractivity contribution in [2.24, 2.45) is 5.92 Å². The van der Waals surface area contributed by atoms with Crippen LogP contribution >= 0.6 is 12.4 Å². The topological polar surface area (TPSA) is 32.3 Å². The third-order valence-corrected chi connectivity index (χ3v) is 4.11. The highest BCUT2D eigenvalue weighted by Crippen LogP contribution is 2.30. The Labute approximate surface area is 127 Å². The van der Waals surface area contributed by atoms with Crippen molar-refractivity contribution in [1.29, 1.82) is 0 Å². The van der Waals surface area contributed by atoms with Crippen molar-refractivity contribution in [3.8, 4) is 0 Å². The average molecular weight is 295 g/mol. The first kappa shape index (κ1) is 15.3. The lowest BCUT2D eigenvalue weighted by Crippen LogP contribution is -2.43. The van der Waals surface area contributed by atoms with Gasteiger partial charge >= 0.3 is 0 Å². The molecule has 1 aromatic carbocycles. The van der Waals surface area contributed by atoms with Crippen LogP contribution in [0.1, 0.15) is 31.2 Å². The second-order valence-electron chi connectivity index (χ2n) is 5.73. The molecule has 1 amide bonds. The molecule has 0 spiro atoms. The average Bonchev–Trinajstić information content (AvgIpc) is 3.31. The zero-order chi connectivity index (χ0) is 13.1. The number of nitrogens with zero attached hydrogens (tertiary/aromatic N) is 1. The quantitative estimate of drug-likeness (QED) is 0.926. The minimum atomic E-state index is 0. The normalized spacial score (nSPS) is 21.9. The molecule has 1 N–H and O–H groups in total. The Morgan fingerprint density at radius 2 is 1.95 bits per heavy atom. The summed E-state index contributed by atoms with van der Waals surface area (Å²) in [4.78, 5) is 14.8. The van der Waals surface area contributed by atoms with Crippen LogP contribution in [0, 0.1) is 5.92 Å². The number of halogens is 1. The fraction of sp³-hybridized carbons (Fsp3) is 0.562. The van der Waals surface area contributed by atoms with Crippen LogP contribution in [0.3, 0.4) is 0 Å². The van der Waals surface area contributed by atoms with Gasteiger partial charge in [0.1, 0.15) is 0 Å². The molecule has 3 nitrogen and oxygen atoms in total. The van der Waals surface area contributed by atoms with E-state index in [2.05, 4.69) is 22.3 Å². The fourth-order valence-electron chi connectivity index (χ4n) is 2.85. The molecule has 1 heterocycles. The van der Waals surface area contributed by atoms with E-state index in [-0.39, 0.29) is 18.3 Å². The van der Waals surface area contributed by atoms with Crippen LogP contribution in [0.15, 0.2) is 30.3 Å². The number of hydrogen-bond acceptors (Lipinski definition) is 2. The molecule has 20 heavy (non-hydrogen) atoms. The Hall–Kier alpha value is -1.06. The van der Waals surface area contributed by atoms with Crippen molar-refractivity contribution in [1.82, 2.24) is 10.2 Å². The van der Waals surface area contributed by atoms with Crippen molar-refractivity contribution in [3.05, 3.63) is 35.9 Å². The zero-order valence-corrected chi connectivity index (χ0v) is 12.6. The van der Waals surface area contributed by atoms with Gasteiger partial charge in [0.15, 0.2) is 0 Å². The van der Waals surface area contributed by atoms with Gasteiger partial charge in [-0.2, -0.15) is 0 Å². The first-order valence-electron chi connectivity index (χ1n) is 7.40. The SMILES string of the molecule is Cl.O=C([C@@H]1CCCNC1)N(Cc1ccccc1)C1CC1. The van der Waals surface area contributed by atoms with Gasteiger partial charge in [0.25, 0.3) is 0 Å². The summed E-state index contributed by atoms with van der Waals surface area (Å²) in [6, 6.07) is 10.8. The largest absolute Gasteiger partial charge is 0.335 e. The summed E-state index contributed by atoms with van der Waals surface area (Å²) in [6.07, 6.45) is 4.53. The van der Waals surface area contributed by atoms with Gasteiger partial charge in [-0.25, -0.2) is 0 Å². The minimum absolute atomic E-state index is 0. The molecule has 2 fully saturated rings. The van der Waals surface area contributed by atoms with Crippen molar-refractivity contribution in [2.45, 2.75) is 38.3 Å². The van der Waals surface area contributed by atoms with E-state index < -0.39 is 0 Å². The van der Waals surface area contributed by atoms with E-state index in [1.54, 1.807) is 0 Å². The Balaban J connectivity index is 0.00000147. The van der Waals surface area contributed by atoms with Gasteiger partial charge in [-0.15, -0.1) is 12.4 Å². The molecule has 4 heteroatoms. The van der Waals surface area contributed by atoms with E-state index in [0.29, 0.717) is 11.9 Å². The number of amides is 1.